The van der Waals surface area contributed by atoms with Gasteiger partial charge in [-0.15, -0.1) is 0 Å². The van der Waals surface area contributed by atoms with Crippen LogP contribution in [0.5, 0.6) is 0 Å². The van der Waals surface area contributed by atoms with Gasteiger partial charge in [0.25, 0.3) is 0 Å². The predicted molar refractivity (Wildman–Crippen MR) is 46.9 cm³/mol. The Bertz CT molecular complexity index is 265. The largest absolute Gasteiger partial charge is 0.490 e. The number of carbonyl (C=O) groups excluding carboxylic acids is 1. The van der Waals surface area contributed by atoms with E-state index in [4.69, 9.17) is 9.47 Å². The van der Waals surface area contributed by atoms with Gasteiger partial charge in [0.1, 0.15) is 19.0 Å². The van der Waals surface area contributed by atoms with Gasteiger partial charge in [0, 0.05) is 12.3 Å². The second-order valence-electron chi connectivity index (χ2n) is 3.87. The molecule has 0 saturated carbocycles. The highest BCUT2D eigenvalue weighted by Crippen LogP contribution is 2.35. The summed E-state index contributed by atoms with van der Waals surface area (Å²) in [6, 6.07) is 0. The van der Waals surface area contributed by atoms with Crippen LogP contribution in [0.4, 0.5) is 0 Å². The van der Waals surface area contributed by atoms with Gasteiger partial charge in [0.2, 0.25) is 11.5 Å². The summed E-state index contributed by atoms with van der Waals surface area (Å²) in [6.45, 7) is 5.20. The third-order valence-electron chi connectivity index (χ3n) is 2.63. The Balaban J connectivity index is 2.19. The number of hydrogen-bond donors (Lipinski definition) is 0. The first-order valence-corrected chi connectivity index (χ1v) is 4.73. The molecule has 0 N–H and O–H groups in total. The van der Waals surface area contributed by atoms with Gasteiger partial charge in [-0.3, -0.25) is 4.79 Å². The normalized spacial score (nSPS) is 27.3. The molecule has 0 radical (unpaired) electrons. The molecule has 1 heterocycles. The van der Waals surface area contributed by atoms with Crippen molar-refractivity contribution in [3.05, 3.63) is 11.5 Å². The second-order valence-corrected chi connectivity index (χ2v) is 3.87. The molecule has 0 amide bonds. The average molecular weight is 182 g/mol. The summed E-state index contributed by atoms with van der Waals surface area (Å²) in [4.78, 5) is 11.7. The number of carbonyl (C=O) groups is 1. The Morgan fingerprint density at radius 2 is 2.00 bits per heavy atom. The van der Waals surface area contributed by atoms with Crippen molar-refractivity contribution in [3.63, 3.8) is 0 Å². The van der Waals surface area contributed by atoms with Gasteiger partial charge in [0.05, 0.1) is 0 Å². The number of ether oxygens (including phenoxy) is 2. The highest BCUT2D eigenvalue weighted by molar-refractivity contribution is 5.98. The van der Waals surface area contributed by atoms with E-state index in [0.717, 1.165) is 12.2 Å². The monoisotopic (exact) mass is 182 g/mol. The van der Waals surface area contributed by atoms with E-state index in [-0.39, 0.29) is 11.7 Å². The highest BCUT2D eigenvalue weighted by Gasteiger charge is 2.38. The number of allylic oxidation sites excluding steroid dienone is 2. The maximum atomic E-state index is 11.7. The van der Waals surface area contributed by atoms with Crippen LogP contribution in [-0.2, 0) is 14.3 Å². The van der Waals surface area contributed by atoms with Crippen molar-refractivity contribution >= 4 is 5.78 Å². The van der Waals surface area contributed by atoms with Crippen LogP contribution in [0.3, 0.4) is 0 Å². The van der Waals surface area contributed by atoms with Gasteiger partial charge in [-0.2, -0.15) is 0 Å². The molecule has 0 spiro atoms. The van der Waals surface area contributed by atoms with Crippen LogP contribution in [0, 0.1) is 11.8 Å². The van der Waals surface area contributed by atoms with Gasteiger partial charge >= 0.3 is 0 Å². The molecule has 0 fully saturated rings. The first-order valence-electron chi connectivity index (χ1n) is 4.73. The molecular formula is C10H14O3. The van der Waals surface area contributed by atoms with E-state index in [1.807, 2.05) is 0 Å². The van der Waals surface area contributed by atoms with E-state index >= 15 is 0 Å². The zero-order valence-corrected chi connectivity index (χ0v) is 8.00. The van der Waals surface area contributed by atoms with Crippen LogP contribution in [0.15, 0.2) is 11.5 Å². The quantitative estimate of drug-likeness (QED) is 0.616. The lowest BCUT2D eigenvalue weighted by Crippen LogP contribution is -2.18. The van der Waals surface area contributed by atoms with E-state index in [9.17, 15) is 4.79 Å². The van der Waals surface area contributed by atoms with Gasteiger partial charge < -0.3 is 9.47 Å². The number of Topliss-reactive ketones (excluding diaryl/α,β-unsaturated/α-hetero) is 1. The van der Waals surface area contributed by atoms with Gasteiger partial charge in [0.15, 0.2) is 0 Å². The molecule has 0 saturated heterocycles. The molecule has 1 aliphatic carbocycles. The Morgan fingerprint density at radius 1 is 1.31 bits per heavy atom. The third kappa shape index (κ3) is 1.32. The molecule has 3 nitrogen and oxygen atoms in total. The molecule has 13 heavy (non-hydrogen) atoms. The topological polar surface area (TPSA) is 35.5 Å². The molecule has 0 aromatic heterocycles. The molecule has 1 atom stereocenters. The van der Waals surface area contributed by atoms with Crippen molar-refractivity contribution in [1.82, 2.24) is 0 Å². The summed E-state index contributed by atoms with van der Waals surface area (Å²) in [5.41, 5.74) is 0. The Hall–Kier alpha value is -0.990. The zero-order chi connectivity index (χ0) is 9.42. The summed E-state index contributed by atoms with van der Waals surface area (Å²) < 4.78 is 10.7. The number of hydrogen-bond acceptors (Lipinski definition) is 3. The van der Waals surface area contributed by atoms with Crippen molar-refractivity contribution in [2.75, 3.05) is 13.2 Å². The van der Waals surface area contributed by atoms with E-state index in [1.165, 1.54) is 0 Å². The smallest absolute Gasteiger partial charge is 0.204 e. The first-order chi connectivity index (χ1) is 6.20. The molecule has 2 aliphatic rings. The summed E-state index contributed by atoms with van der Waals surface area (Å²) >= 11 is 0. The maximum absolute atomic E-state index is 11.7. The molecular weight excluding hydrogens is 168 g/mol. The fourth-order valence-electron chi connectivity index (χ4n) is 1.81. The molecule has 0 bridgehead atoms. The molecule has 0 aromatic rings. The third-order valence-corrected chi connectivity index (χ3v) is 2.63. The Morgan fingerprint density at radius 3 is 2.62 bits per heavy atom. The van der Waals surface area contributed by atoms with Crippen molar-refractivity contribution in [1.29, 1.82) is 0 Å². The van der Waals surface area contributed by atoms with Crippen molar-refractivity contribution in [2.45, 2.75) is 20.3 Å². The Labute approximate surface area is 77.7 Å². The van der Waals surface area contributed by atoms with Crippen LogP contribution in [0.25, 0.3) is 0 Å². The van der Waals surface area contributed by atoms with Crippen molar-refractivity contribution < 1.29 is 14.3 Å². The molecule has 72 valence electrons. The van der Waals surface area contributed by atoms with E-state index in [1.54, 1.807) is 0 Å². The van der Waals surface area contributed by atoms with E-state index in [0.29, 0.717) is 24.9 Å². The van der Waals surface area contributed by atoms with Crippen molar-refractivity contribution in [3.8, 4) is 0 Å². The molecule has 3 heteroatoms. The van der Waals surface area contributed by atoms with Crippen molar-refractivity contribution in [2.24, 2.45) is 11.8 Å². The Kier molecular flexibility index (Phi) is 2.02. The summed E-state index contributed by atoms with van der Waals surface area (Å²) in [5, 5.41) is 0. The van der Waals surface area contributed by atoms with Crippen LogP contribution >= 0.6 is 0 Å². The summed E-state index contributed by atoms with van der Waals surface area (Å²) in [6.07, 6.45) is 0.728. The molecule has 2 rings (SSSR count). The fraction of sp³-hybridized carbons (Fsp3) is 0.700. The van der Waals surface area contributed by atoms with Gasteiger partial charge in [-0.1, -0.05) is 13.8 Å². The number of rotatable bonds is 1. The van der Waals surface area contributed by atoms with Crippen LogP contribution in [0.1, 0.15) is 20.3 Å². The lowest BCUT2D eigenvalue weighted by atomic mass is 9.92. The maximum Gasteiger partial charge on any atom is 0.204 e. The second kappa shape index (κ2) is 3.05. The van der Waals surface area contributed by atoms with E-state index in [2.05, 4.69) is 13.8 Å². The fourth-order valence-corrected chi connectivity index (χ4v) is 1.81. The summed E-state index contributed by atoms with van der Waals surface area (Å²) in [5.74, 6) is 1.83. The minimum Gasteiger partial charge on any atom is -0.490 e. The minimum absolute atomic E-state index is 0.0723. The number of ketones is 1. The minimum atomic E-state index is 0.0723. The summed E-state index contributed by atoms with van der Waals surface area (Å²) in [7, 11) is 0. The lowest BCUT2D eigenvalue weighted by Gasteiger charge is -2.15. The molecule has 0 aromatic carbocycles. The first kappa shape index (κ1) is 8.60. The van der Waals surface area contributed by atoms with Gasteiger partial charge in [-0.05, 0) is 5.92 Å². The van der Waals surface area contributed by atoms with Crippen LogP contribution < -0.4 is 0 Å². The predicted octanol–water partition coefficient (Wildman–Crippen LogP) is 1.49. The lowest BCUT2D eigenvalue weighted by molar-refractivity contribution is -0.123. The van der Waals surface area contributed by atoms with E-state index < -0.39 is 0 Å². The standard InChI is InChI=1S/C10H14O3/c1-6(2)7-5-8-10(9(7)11)13-4-3-12-8/h6-7H,3-5H2,1-2H3. The highest BCUT2D eigenvalue weighted by atomic mass is 16.6. The molecule has 1 aliphatic heterocycles. The van der Waals surface area contributed by atoms with Crippen LogP contribution in [-0.4, -0.2) is 19.0 Å². The van der Waals surface area contributed by atoms with Crippen LogP contribution in [0.2, 0.25) is 0 Å². The van der Waals surface area contributed by atoms with Gasteiger partial charge in [-0.25, -0.2) is 0 Å². The zero-order valence-electron chi connectivity index (χ0n) is 8.00. The molecule has 1 unspecified atom stereocenters. The average Bonchev–Trinajstić information content (AvgIpc) is 2.45. The SMILES string of the molecule is CC(C)C1CC2=C(OCCO2)C1=O.